The largest absolute Gasteiger partial charge is 0.293 e. The van der Waals surface area contributed by atoms with Crippen molar-refractivity contribution in [2.24, 2.45) is 5.92 Å². The number of hydrogen-bond acceptors (Lipinski definition) is 3. The Kier molecular flexibility index (Phi) is 4.87. The van der Waals surface area contributed by atoms with E-state index in [-0.39, 0.29) is 16.8 Å². The molecule has 0 aliphatic heterocycles. The minimum absolute atomic E-state index is 0.281. The van der Waals surface area contributed by atoms with Gasteiger partial charge in [0, 0.05) is 5.56 Å². The number of hydrogen-bond donors (Lipinski definition) is 0. The lowest BCUT2D eigenvalue weighted by Gasteiger charge is -2.26. The van der Waals surface area contributed by atoms with Crippen LogP contribution in [0.25, 0.3) is 0 Å². The van der Waals surface area contributed by atoms with Gasteiger partial charge in [-0.2, -0.15) is 0 Å². The van der Waals surface area contributed by atoms with E-state index in [1.54, 1.807) is 12.1 Å². The van der Waals surface area contributed by atoms with Crippen molar-refractivity contribution in [1.29, 1.82) is 0 Å². The van der Waals surface area contributed by atoms with Gasteiger partial charge in [0.1, 0.15) is 5.75 Å². The van der Waals surface area contributed by atoms with Gasteiger partial charge in [-0.25, -0.2) is 8.42 Å². The first-order valence-corrected chi connectivity index (χ1v) is 9.33. The van der Waals surface area contributed by atoms with Crippen molar-refractivity contribution < 1.29 is 13.2 Å². The third-order valence-corrected chi connectivity index (χ3v) is 6.67. The maximum atomic E-state index is 12.4. The summed E-state index contributed by atoms with van der Waals surface area (Å²) in [4.78, 5) is 12.3. The average molecular weight is 308 g/mol. The number of rotatable bonds is 4. The second kappa shape index (κ2) is 6.30. The summed E-state index contributed by atoms with van der Waals surface area (Å²) in [5, 5.41) is -0.336. The number of ketones is 1. The zero-order chi connectivity index (χ0) is 15.6. The topological polar surface area (TPSA) is 51.2 Å². The lowest BCUT2D eigenvalue weighted by Crippen LogP contribution is -2.32. The van der Waals surface area contributed by atoms with Crippen LogP contribution >= 0.6 is 0 Å². The Labute approximate surface area is 127 Å². The highest BCUT2D eigenvalue weighted by molar-refractivity contribution is 7.92. The molecule has 0 heterocycles. The van der Waals surface area contributed by atoms with Gasteiger partial charge in [-0.1, -0.05) is 31.9 Å². The van der Waals surface area contributed by atoms with Gasteiger partial charge in [0.25, 0.3) is 0 Å². The number of carbonyl (C=O) groups excluding carboxylic acids is 1. The van der Waals surface area contributed by atoms with E-state index in [1.807, 2.05) is 19.9 Å². The Morgan fingerprint density at radius 2 is 1.90 bits per heavy atom. The smallest absolute Gasteiger partial charge is 0.177 e. The van der Waals surface area contributed by atoms with E-state index < -0.39 is 9.84 Å². The van der Waals surface area contributed by atoms with Gasteiger partial charge >= 0.3 is 0 Å². The molecular weight excluding hydrogens is 284 g/mol. The van der Waals surface area contributed by atoms with E-state index in [1.165, 1.54) is 0 Å². The summed E-state index contributed by atoms with van der Waals surface area (Å²) in [7, 11) is -3.34. The molecule has 1 aromatic carbocycles. The van der Waals surface area contributed by atoms with Crippen LogP contribution in [0.2, 0.25) is 0 Å². The predicted octanol–water partition coefficient (Wildman–Crippen LogP) is 3.48. The first-order chi connectivity index (χ1) is 9.79. The summed E-state index contributed by atoms with van der Waals surface area (Å²) in [5.41, 5.74) is 2.63. The van der Waals surface area contributed by atoms with Crippen LogP contribution in [0.1, 0.15) is 54.1 Å². The SMILES string of the molecule is Cc1ccc(C(=O)CS(=O)(=O)C2CCCC(C)C2)cc1C. The van der Waals surface area contributed by atoms with E-state index in [4.69, 9.17) is 0 Å². The molecule has 21 heavy (non-hydrogen) atoms. The molecule has 0 saturated heterocycles. The molecule has 2 rings (SSSR count). The predicted molar refractivity (Wildman–Crippen MR) is 85.5 cm³/mol. The van der Waals surface area contributed by atoms with Crippen molar-refractivity contribution >= 4 is 15.6 Å². The third kappa shape index (κ3) is 3.94. The zero-order valence-corrected chi connectivity index (χ0v) is 13.9. The molecule has 0 radical (unpaired) electrons. The molecular formula is C17H24O3S. The fourth-order valence-electron chi connectivity index (χ4n) is 3.00. The molecule has 1 saturated carbocycles. The first kappa shape index (κ1) is 16.2. The Hall–Kier alpha value is -1.16. The highest BCUT2D eigenvalue weighted by Crippen LogP contribution is 2.29. The molecule has 0 N–H and O–H groups in total. The summed E-state index contributed by atoms with van der Waals surface area (Å²) >= 11 is 0. The van der Waals surface area contributed by atoms with E-state index in [2.05, 4.69) is 6.92 Å². The Morgan fingerprint density at radius 3 is 2.52 bits per heavy atom. The molecule has 4 heteroatoms. The maximum Gasteiger partial charge on any atom is 0.177 e. The van der Waals surface area contributed by atoms with Crippen LogP contribution in [0.3, 0.4) is 0 Å². The molecule has 2 atom stereocenters. The van der Waals surface area contributed by atoms with Crippen molar-refractivity contribution in [2.45, 2.75) is 51.7 Å². The minimum atomic E-state index is -3.34. The molecule has 116 valence electrons. The molecule has 1 fully saturated rings. The van der Waals surface area contributed by atoms with Crippen molar-refractivity contribution in [3.8, 4) is 0 Å². The summed E-state index contributed by atoms with van der Waals surface area (Å²) in [6, 6.07) is 5.39. The molecule has 0 spiro atoms. The molecule has 0 amide bonds. The van der Waals surface area contributed by atoms with E-state index >= 15 is 0 Å². The van der Waals surface area contributed by atoms with Gasteiger partial charge in [0.2, 0.25) is 0 Å². The van der Waals surface area contributed by atoms with Gasteiger partial charge in [0.05, 0.1) is 5.25 Å². The second-order valence-corrected chi connectivity index (χ2v) is 8.70. The van der Waals surface area contributed by atoms with Gasteiger partial charge in [0.15, 0.2) is 15.6 Å². The van der Waals surface area contributed by atoms with E-state index in [0.717, 1.165) is 24.0 Å². The Morgan fingerprint density at radius 1 is 1.19 bits per heavy atom. The highest BCUT2D eigenvalue weighted by atomic mass is 32.2. The highest BCUT2D eigenvalue weighted by Gasteiger charge is 2.32. The number of carbonyl (C=O) groups is 1. The number of Topliss-reactive ketones (excluding diaryl/α,β-unsaturated/α-hetero) is 1. The Bertz CT molecular complexity index is 631. The number of benzene rings is 1. The van der Waals surface area contributed by atoms with Gasteiger partial charge in [-0.3, -0.25) is 4.79 Å². The lowest BCUT2D eigenvalue weighted by molar-refractivity contribution is 0.102. The van der Waals surface area contributed by atoms with Gasteiger partial charge in [-0.05, 0) is 49.8 Å². The zero-order valence-electron chi connectivity index (χ0n) is 13.1. The fourth-order valence-corrected chi connectivity index (χ4v) is 4.92. The molecule has 1 aliphatic carbocycles. The molecule has 0 bridgehead atoms. The summed E-state index contributed by atoms with van der Waals surface area (Å²) in [6.45, 7) is 6.00. The molecule has 3 nitrogen and oxygen atoms in total. The van der Waals surface area contributed by atoms with Crippen LogP contribution in [0.4, 0.5) is 0 Å². The quantitative estimate of drug-likeness (QED) is 0.800. The van der Waals surface area contributed by atoms with Gasteiger partial charge in [-0.15, -0.1) is 0 Å². The van der Waals surface area contributed by atoms with Crippen LogP contribution < -0.4 is 0 Å². The number of aryl methyl sites for hydroxylation is 2. The van der Waals surface area contributed by atoms with Crippen LogP contribution in [-0.2, 0) is 9.84 Å². The second-order valence-electron chi connectivity index (χ2n) is 6.42. The van der Waals surface area contributed by atoms with Crippen molar-refractivity contribution in [3.05, 3.63) is 34.9 Å². The van der Waals surface area contributed by atoms with Crippen molar-refractivity contribution in [1.82, 2.24) is 0 Å². The monoisotopic (exact) mass is 308 g/mol. The first-order valence-electron chi connectivity index (χ1n) is 7.61. The minimum Gasteiger partial charge on any atom is -0.293 e. The Balaban J connectivity index is 2.12. The summed E-state index contributed by atoms with van der Waals surface area (Å²) in [5.74, 6) is -0.195. The summed E-state index contributed by atoms with van der Waals surface area (Å²) in [6.07, 6.45) is 3.44. The number of sulfone groups is 1. The van der Waals surface area contributed by atoms with Crippen LogP contribution in [0.15, 0.2) is 18.2 Å². The third-order valence-electron chi connectivity index (χ3n) is 4.56. The molecule has 1 aliphatic rings. The molecule has 2 unspecified atom stereocenters. The van der Waals surface area contributed by atoms with Crippen LogP contribution in [-0.4, -0.2) is 25.2 Å². The standard InChI is InChI=1S/C17H24O3S/c1-12-5-4-6-16(9-12)21(19,20)11-17(18)15-8-7-13(2)14(3)10-15/h7-8,10,12,16H,4-6,9,11H2,1-3H3. The summed E-state index contributed by atoms with van der Waals surface area (Å²) < 4.78 is 24.9. The van der Waals surface area contributed by atoms with Crippen LogP contribution in [0, 0.1) is 19.8 Å². The van der Waals surface area contributed by atoms with Gasteiger partial charge < -0.3 is 0 Å². The van der Waals surface area contributed by atoms with Crippen molar-refractivity contribution in [2.75, 3.05) is 5.75 Å². The molecule has 1 aromatic rings. The van der Waals surface area contributed by atoms with Crippen LogP contribution in [0.5, 0.6) is 0 Å². The van der Waals surface area contributed by atoms with Crippen molar-refractivity contribution in [3.63, 3.8) is 0 Å². The van der Waals surface area contributed by atoms with E-state index in [0.29, 0.717) is 24.3 Å². The lowest BCUT2D eigenvalue weighted by atomic mass is 9.91. The molecule has 0 aromatic heterocycles. The fraction of sp³-hybridized carbons (Fsp3) is 0.588. The average Bonchev–Trinajstić information content (AvgIpc) is 2.41. The normalized spacial score (nSPS) is 23.0. The van der Waals surface area contributed by atoms with E-state index in [9.17, 15) is 13.2 Å². The maximum absolute atomic E-state index is 12.4.